The molecule has 7 heterocycles. The van der Waals surface area contributed by atoms with Gasteiger partial charge >= 0.3 is 18.0 Å². The fourth-order valence-electron chi connectivity index (χ4n) is 20.9. The van der Waals surface area contributed by atoms with Gasteiger partial charge in [0.25, 0.3) is 27.8 Å². The molecule has 10 N–H and O–H groups in total. The molecule has 816 valence electrons. The van der Waals surface area contributed by atoms with Gasteiger partial charge in [0.1, 0.15) is 48.5 Å². The van der Waals surface area contributed by atoms with E-state index in [2.05, 4.69) is 50.4 Å². The Labute approximate surface area is 867 Å². The van der Waals surface area contributed by atoms with Crippen LogP contribution >= 0.6 is 11.3 Å². The molecule has 1 saturated heterocycles. The van der Waals surface area contributed by atoms with Crippen LogP contribution in [0.25, 0.3) is 21.3 Å². The van der Waals surface area contributed by atoms with Crippen molar-refractivity contribution in [2.45, 2.75) is 179 Å². The van der Waals surface area contributed by atoms with E-state index in [0.29, 0.717) is 211 Å². The van der Waals surface area contributed by atoms with Crippen molar-refractivity contribution in [2.75, 3.05) is 207 Å². The van der Waals surface area contributed by atoms with Crippen LogP contribution < -0.4 is 26.2 Å². The number of aliphatic hydroxyl groups is 3. The summed E-state index contributed by atoms with van der Waals surface area (Å²) >= 11 is 1.38. The maximum Gasteiger partial charge on any atom is 0.410 e. The van der Waals surface area contributed by atoms with E-state index in [-0.39, 0.29) is 97.1 Å². The van der Waals surface area contributed by atoms with E-state index in [1.165, 1.54) is 47.3 Å². The highest BCUT2D eigenvalue weighted by Crippen LogP contribution is 2.72. The highest BCUT2D eigenvalue weighted by atomic mass is 32.2. The summed E-state index contributed by atoms with van der Waals surface area (Å²) in [5.41, 5.74) is 3.04. The summed E-state index contributed by atoms with van der Waals surface area (Å²) in [5, 5.41) is 77.8. The monoisotopic (exact) mass is 2120 g/mol. The standard InChI is InChI=1S/C101H138N14O32S2/c1-66(2)85(107-82(116)53-78(115-83(117)20-21-84(115)118)77-57-113(110-109-77)25-27-134-31-32-136-35-36-138-39-40-140-43-44-142-47-48-144-50-49-143-46-45-141-42-41-139-38-37-137-34-33-135-30-29-133-6)93(124)103-67(3)91(122)104-72-16-14-70(69(52-72)15-18-79-87(119)88(120)89(121)90(147-79)95(127)128)58-145-97(129)111(26-51-149(130,131)132)24-28-146-101-62-98(4)59-99(5,63-101)61-100(60-98,64-101)65-114-55-71(54-102-114)73-17-19-81(106-86(73)94(125)126)112-23-22-68-10-9-11-74(75(68)56-112)92(123)108-96-105-76-12-7-8-13-80(76)148-96/h7-14,16-17,19-21,52,54-55,57,66-67,78-79,85,87-90,119-121H,15,18,22-51,53,56,58-65H2,1-6H3,(H,103,124)(H,104,122)(H,107,116)(H,125,126)(H,127,128)(H,105,108,123)(H,130,131,132)/t67-,78-,79-,85-,87-,88+,89-,90-,98?,99?,100?,101?/m0/s1. The fourth-order valence-corrected chi connectivity index (χ4v) is 22.2. The maximum absolute atomic E-state index is 14.5. The first-order valence-corrected chi connectivity index (χ1v) is 52.6. The number of carbonyl (C=O) groups is 9. The fraction of sp³-hybridized carbons (Fsp3) is 0.604. The van der Waals surface area contributed by atoms with Gasteiger partial charge in [-0.25, -0.2) is 29.0 Å². The molecule has 3 aromatic carbocycles. The SMILES string of the molecule is COCCOCCOCCOCCOCCOCCOCCOCCOCCOCCOCCOCCn1cc([C@H](CC(=O)N[C@H](C(=O)N[C@@H](C)C(=O)Nc2ccc(COC(=O)N(CCOC34CC5(C)CC(C)(CC(Cn6cc(-c7ccc(N8CCc9cccc(C(=O)Nc%10nc%11ccccc%11s%10)c9C8)nc7C(=O)O)cn6)(C5)C3)C4)CCS(=O)(=O)O)c(CC[C@@H]3O[C@H](C(=O)O)[C@@H](O)[C@H](O)[C@H]3O)c2)C(C)C)N2C(=O)C=CC2=O)nn1. The number of hydrogen-bond donors (Lipinski definition) is 10. The number of amides is 7. The second-order valence-electron chi connectivity index (χ2n) is 39.1. The quantitative estimate of drug-likeness (QED) is 0.0125. The molecular formula is C101H138N14O32S2. The van der Waals surface area contributed by atoms with E-state index in [0.717, 1.165) is 62.6 Å². The lowest BCUT2D eigenvalue weighted by Crippen LogP contribution is -2.64. The minimum Gasteiger partial charge on any atom is -0.479 e. The smallest absolute Gasteiger partial charge is 0.410 e. The number of methoxy groups -OCH3 is 1. The summed E-state index contributed by atoms with van der Waals surface area (Å²) in [6.07, 6.45) is 1.08. The zero-order valence-electron chi connectivity index (χ0n) is 84.8. The van der Waals surface area contributed by atoms with Crippen molar-refractivity contribution in [3.63, 3.8) is 0 Å². The van der Waals surface area contributed by atoms with Crippen molar-refractivity contribution < 1.29 is 153 Å². The van der Waals surface area contributed by atoms with Gasteiger partial charge in [0, 0.05) is 80.6 Å². The first-order chi connectivity index (χ1) is 71.6. The zero-order valence-corrected chi connectivity index (χ0v) is 86.4. The number of para-hydroxylation sites is 1. The number of carbonyl (C=O) groups excluding carboxylic acids is 7. The van der Waals surface area contributed by atoms with Crippen molar-refractivity contribution in [1.29, 1.82) is 0 Å². The number of aliphatic carboxylic acids is 1. The molecule has 7 aliphatic rings. The minimum atomic E-state index is -4.67. The predicted octanol–water partition coefficient (Wildman–Crippen LogP) is 5.66. The molecule has 0 spiro atoms. The summed E-state index contributed by atoms with van der Waals surface area (Å²) in [5.74, 6) is -8.02. The second-order valence-corrected chi connectivity index (χ2v) is 41.7. The number of pyridine rings is 1. The molecular weight excluding hydrogens is 1990 g/mol. The van der Waals surface area contributed by atoms with Gasteiger partial charge in [0.15, 0.2) is 16.9 Å². The van der Waals surface area contributed by atoms with Crippen LogP contribution in [0.15, 0.2) is 104 Å². The highest BCUT2D eigenvalue weighted by Gasteiger charge is 2.66. The van der Waals surface area contributed by atoms with Gasteiger partial charge in [0.2, 0.25) is 17.7 Å². The summed E-state index contributed by atoms with van der Waals surface area (Å²) in [4.78, 5) is 136. The Balaban J connectivity index is 0.554. The molecule has 2 unspecified atom stereocenters. The molecule has 10 atom stereocenters. The van der Waals surface area contributed by atoms with Crippen LogP contribution in [0, 0.1) is 22.2 Å². The number of nitrogens with one attached hydrogen (secondary N) is 4. The first kappa shape index (κ1) is 115. The van der Waals surface area contributed by atoms with Crippen molar-refractivity contribution in [2.24, 2.45) is 22.2 Å². The van der Waals surface area contributed by atoms with Crippen LogP contribution in [0.5, 0.6) is 0 Å². The lowest BCUT2D eigenvalue weighted by molar-refractivity contribution is -0.248. The predicted molar refractivity (Wildman–Crippen MR) is 536 cm³/mol. The molecule has 4 aromatic heterocycles. The van der Waals surface area contributed by atoms with E-state index in [1.54, 1.807) is 45.4 Å². The third-order valence-electron chi connectivity index (χ3n) is 26.7. The Morgan fingerprint density at radius 2 is 1.23 bits per heavy atom. The second kappa shape index (κ2) is 55.4. The van der Waals surface area contributed by atoms with E-state index in [4.69, 9.17) is 81.1 Å². The lowest BCUT2D eigenvalue weighted by atomic mass is 9.39. The molecule has 46 nitrogen and oxygen atoms in total. The number of fused-ring (bicyclic) bond motifs is 2. The van der Waals surface area contributed by atoms with E-state index in [1.807, 2.05) is 52.2 Å². The average Bonchev–Trinajstić information content (AvgIpc) is 1.17. The number of nitrogens with zero attached hydrogens (tertiary/aromatic N) is 10. The van der Waals surface area contributed by atoms with Crippen LogP contribution in [0.4, 0.5) is 21.4 Å². The lowest BCUT2D eigenvalue weighted by Gasteiger charge is -2.69. The molecule has 48 heteroatoms. The van der Waals surface area contributed by atoms with E-state index >= 15 is 0 Å². The Morgan fingerprint density at radius 1 is 0.631 bits per heavy atom. The topological polar surface area (TPSA) is 580 Å². The normalized spacial score (nSPS) is 21.5. The summed E-state index contributed by atoms with van der Waals surface area (Å²) < 4.78 is 123. The van der Waals surface area contributed by atoms with Crippen LogP contribution in [-0.4, -0.2) is 376 Å². The molecule has 5 fully saturated rings. The van der Waals surface area contributed by atoms with Crippen molar-refractivity contribution >= 4 is 102 Å². The Hall–Kier alpha value is -10.9. The largest absolute Gasteiger partial charge is 0.479 e. The summed E-state index contributed by atoms with van der Waals surface area (Å²) in [6, 6.07) is 17.3. The summed E-state index contributed by atoms with van der Waals surface area (Å²) in [7, 11) is -3.05. The molecule has 3 aliphatic heterocycles. The molecule has 4 aliphatic carbocycles. The number of ether oxygens (including phenoxy) is 15. The highest BCUT2D eigenvalue weighted by molar-refractivity contribution is 7.85. The van der Waals surface area contributed by atoms with E-state index in [9.17, 15) is 81.7 Å². The van der Waals surface area contributed by atoms with Gasteiger partial charge < -0.3 is 122 Å². The number of rotatable bonds is 66. The van der Waals surface area contributed by atoms with Crippen molar-refractivity contribution in [1.82, 2.24) is 55.2 Å². The van der Waals surface area contributed by atoms with Gasteiger partial charge in [-0.2, -0.15) is 13.5 Å². The number of aromatic carboxylic acids is 1. The number of hydrogen-bond acceptors (Lipinski definition) is 36. The number of benzene rings is 3. The molecule has 7 aromatic rings. The van der Waals surface area contributed by atoms with E-state index < -0.39 is 143 Å². The Bertz CT molecular complexity index is 5720. The molecule has 4 bridgehead atoms. The van der Waals surface area contributed by atoms with Crippen LogP contribution in [0.2, 0.25) is 0 Å². The minimum absolute atomic E-state index is 0.0783. The number of anilines is 3. The van der Waals surface area contributed by atoms with Crippen LogP contribution in [-0.2, 0) is 149 Å². The van der Waals surface area contributed by atoms with Gasteiger partial charge in [-0.3, -0.25) is 48.2 Å². The average molecular weight is 2120 g/mol. The van der Waals surface area contributed by atoms with Crippen LogP contribution in [0.3, 0.4) is 0 Å². The molecule has 4 saturated carbocycles. The third-order valence-corrected chi connectivity index (χ3v) is 28.4. The van der Waals surface area contributed by atoms with Gasteiger partial charge in [-0.1, -0.05) is 74.6 Å². The number of aliphatic hydroxyl groups excluding tert-OH is 3. The molecule has 14 rings (SSSR count). The van der Waals surface area contributed by atoms with Crippen LogP contribution in [0.1, 0.15) is 141 Å². The molecule has 7 amide bonds. The number of thiazole rings is 1. The summed E-state index contributed by atoms with van der Waals surface area (Å²) in [6.45, 7) is 18.6. The number of aryl methyl sites for hydroxylation is 1. The van der Waals surface area contributed by atoms with Gasteiger partial charge in [-0.05, 0) is 152 Å². The van der Waals surface area contributed by atoms with Crippen molar-refractivity contribution in [3.05, 3.63) is 143 Å². The van der Waals surface area contributed by atoms with Gasteiger partial charge in [0.05, 0.1) is 218 Å². The Morgan fingerprint density at radius 3 is 1.82 bits per heavy atom. The van der Waals surface area contributed by atoms with Gasteiger partial charge in [-0.15, -0.1) is 5.10 Å². The maximum atomic E-state index is 14.5. The number of carboxylic acid groups (broad SMARTS) is 2. The Kier molecular flexibility index (Phi) is 42.8. The molecule has 149 heavy (non-hydrogen) atoms. The third kappa shape index (κ3) is 33.5. The molecule has 0 radical (unpaired) electrons. The number of carboxylic acids is 2. The number of aromatic nitrogens is 7. The number of imide groups is 1. The van der Waals surface area contributed by atoms with Crippen molar-refractivity contribution in [3.8, 4) is 11.1 Å². The first-order valence-electron chi connectivity index (χ1n) is 50.1. The zero-order chi connectivity index (χ0) is 106.